The van der Waals surface area contributed by atoms with Crippen LogP contribution in [0.2, 0.25) is 0 Å². The molecule has 0 spiro atoms. The summed E-state index contributed by atoms with van der Waals surface area (Å²) in [5, 5.41) is 10.9. The summed E-state index contributed by atoms with van der Waals surface area (Å²) in [4.78, 5) is 35.5. The van der Waals surface area contributed by atoms with Gasteiger partial charge in [0.05, 0.1) is 12.0 Å². The molecule has 0 atom stereocenters. The van der Waals surface area contributed by atoms with E-state index in [1.165, 1.54) is 30.2 Å². The zero-order valence-corrected chi connectivity index (χ0v) is 12.5. The molecule has 114 valence electrons. The monoisotopic (exact) mass is 294 g/mol. The van der Waals surface area contributed by atoms with Crippen molar-refractivity contribution < 1.29 is 19.2 Å². The normalized spacial score (nSPS) is 10.3. The lowest BCUT2D eigenvalue weighted by Crippen LogP contribution is -2.41. The van der Waals surface area contributed by atoms with Crippen molar-refractivity contribution in [2.24, 2.45) is 0 Å². The van der Waals surface area contributed by atoms with Crippen LogP contribution in [0.5, 0.6) is 0 Å². The number of hydrogen-bond acceptors (Lipinski definition) is 5. The molecule has 0 aliphatic carbocycles. The van der Waals surface area contributed by atoms with Crippen LogP contribution in [0.4, 0.5) is 5.69 Å². The molecule has 7 nitrogen and oxygen atoms in total. The SMILES string of the molecule is COC(=O)CN(C(=O)c1ccc(C)c([N+](=O)[O-])c1)C(C)C. The number of carbonyl (C=O) groups is 2. The van der Waals surface area contributed by atoms with Crippen molar-refractivity contribution in [2.45, 2.75) is 26.8 Å². The van der Waals surface area contributed by atoms with Crippen LogP contribution in [0.1, 0.15) is 29.8 Å². The summed E-state index contributed by atoms with van der Waals surface area (Å²) in [6.45, 7) is 4.91. The smallest absolute Gasteiger partial charge is 0.325 e. The van der Waals surface area contributed by atoms with E-state index in [-0.39, 0.29) is 23.8 Å². The van der Waals surface area contributed by atoms with Gasteiger partial charge in [-0.15, -0.1) is 0 Å². The van der Waals surface area contributed by atoms with Crippen LogP contribution in [-0.2, 0) is 9.53 Å². The van der Waals surface area contributed by atoms with Gasteiger partial charge in [0.1, 0.15) is 6.54 Å². The fraction of sp³-hybridized carbons (Fsp3) is 0.429. The van der Waals surface area contributed by atoms with Crippen LogP contribution in [0.3, 0.4) is 0 Å². The molecule has 0 unspecified atom stereocenters. The highest BCUT2D eigenvalue weighted by Gasteiger charge is 2.24. The molecular formula is C14H18N2O5. The Bertz CT molecular complexity index is 568. The van der Waals surface area contributed by atoms with E-state index in [4.69, 9.17) is 0 Å². The zero-order chi connectivity index (χ0) is 16.2. The maximum atomic E-state index is 12.4. The molecule has 0 saturated carbocycles. The Labute approximate surface area is 122 Å². The summed E-state index contributed by atoms with van der Waals surface area (Å²) < 4.78 is 4.56. The molecule has 1 rings (SSSR count). The topological polar surface area (TPSA) is 89.8 Å². The maximum Gasteiger partial charge on any atom is 0.325 e. The second-order valence-electron chi connectivity index (χ2n) is 4.86. The first-order valence-corrected chi connectivity index (χ1v) is 6.40. The van der Waals surface area contributed by atoms with Gasteiger partial charge in [-0.05, 0) is 26.8 Å². The number of esters is 1. The molecule has 1 aromatic carbocycles. The predicted molar refractivity (Wildman–Crippen MR) is 76.0 cm³/mol. The van der Waals surface area contributed by atoms with E-state index < -0.39 is 16.8 Å². The van der Waals surface area contributed by atoms with E-state index in [2.05, 4.69) is 4.74 Å². The quantitative estimate of drug-likeness (QED) is 0.470. The van der Waals surface area contributed by atoms with Crippen molar-refractivity contribution in [1.82, 2.24) is 4.90 Å². The second kappa shape index (κ2) is 6.83. The molecular weight excluding hydrogens is 276 g/mol. The number of nitro benzene ring substituents is 1. The van der Waals surface area contributed by atoms with E-state index in [0.717, 1.165) is 0 Å². The van der Waals surface area contributed by atoms with Crippen LogP contribution < -0.4 is 0 Å². The molecule has 21 heavy (non-hydrogen) atoms. The molecule has 0 aliphatic heterocycles. The van der Waals surface area contributed by atoms with E-state index in [1.54, 1.807) is 20.8 Å². The third kappa shape index (κ3) is 4.01. The summed E-state index contributed by atoms with van der Waals surface area (Å²) in [5.41, 5.74) is 0.521. The third-order valence-electron chi connectivity index (χ3n) is 3.06. The number of carbonyl (C=O) groups excluding carboxylic acids is 2. The summed E-state index contributed by atoms with van der Waals surface area (Å²) in [6, 6.07) is 4.01. The van der Waals surface area contributed by atoms with E-state index in [0.29, 0.717) is 5.56 Å². The number of rotatable bonds is 5. The zero-order valence-electron chi connectivity index (χ0n) is 12.5. The van der Waals surface area contributed by atoms with Gasteiger partial charge in [-0.3, -0.25) is 19.7 Å². The Morgan fingerprint density at radius 1 is 1.38 bits per heavy atom. The summed E-state index contributed by atoms with van der Waals surface area (Å²) in [5.74, 6) is -0.989. The molecule has 1 aromatic rings. The first kappa shape index (κ1) is 16.6. The number of aryl methyl sites for hydroxylation is 1. The summed E-state index contributed by atoms with van der Waals surface area (Å²) in [6.07, 6.45) is 0. The number of nitrogens with zero attached hydrogens (tertiary/aromatic N) is 2. The summed E-state index contributed by atoms with van der Waals surface area (Å²) in [7, 11) is 1.24. The molecule has 1 amide bonds. The number of amides is 1. The molecule has 0 bridgehead atoms. The van der Waals surface area contributed by atoms with Gasteiger partial charge in [0.25, 0.3) is 11.6 Å². The molecule has 0 heterocycles. The van der Waals surface area contributed by atoms with Crippen molar-refractivity contribution in [3.05, 3.63) is 39.4 Å². The molecule has 7 heteroatoms. The maximum absolute atomic E-state index is 12.4. The average Bonchev–Trinajstić information content (AvgIpc) is 2.43. The van der Waals surface area contributed by atoms with Gasteiger partial charge in [-0.1, -0.05) is 6.07 Å². The van der Waals surface area contributed by atoms with Crippen LogP contribution in [0.15, 0.2) is 18.2 Å². The first-order valence-electron chi connectivity index (χ1n) is 6.40. The fourth-order valence-corrected chi connectivity index (χ4v) is 1.80. The summed E-state index contributed by atoms with van der Waals surface area (Å²) >= 11 is 0. The molecule has 0 aliphatic rings. The lowest BCUT2D eigenvalue weighted by Gasteiger charge is -2.25. The minimum atomic E-state index is -0.543. The molecule has 0 saturated heterocycles. The number of benzene rings is 1. The van der Waals surface area contributed by atoms with Crippen molar-refractivity contribution in [3.63, 3.8) is 0 Å². The van der Waals surface area contributed by atoms with Crippen LogP contribution in [0.25, 0.3) is 0 Å². The molecule has 0 N–H and O–H groups in total. The van der Waals surface area contributed by atoms with Gasteiger partial charge >= 0.3 is 5.97 Å². The van der Waals surface area contributed by atoms with Crippen molar-refractivity contribution in [2.75, 3.05) is 13.7 Å². The minimum absolute atomic E-state index is 0.123. The van der Waals surface area contributed by atoms with E-state index in [1.807, 2.05) is 0 Å². The predicted octanol–water partition coefficient (Wildman–Crippen LogP) is 1.93. The van der Waals surface area contributed by atoms with Crippen LogP contribution >= 0.6 is 0 Å². The highest BCUT2D eigenvalue weighted by Crippen LogP contribution is 2.20. The number of hydrogen-bond donors (Lipinski definition) is 0. The lowest BCUT2D eigenvalue weighted by atomic mass is 10.1. The van der Waals surface area contributed by atoms with Crippen molar-refractivity contribution in [3.8, 4) is 0 Å². The van der Waals surface area contributed by atoms with Crippen LogP contribution in [0, 0.1) is 17.0 Å². The van der Waals surface area contributed by atoms with Gasteiger partial charge in [-0.2, -0.15) is 0 Å². The minimum Gasteiger partial charge on any atom is -0.468 e. The first-order chi connectivity index (χ1) is 9.77. The van der Waals surface area contributed by atoms with Gasteiger partial charge < -0.3 is 9.64 Å². The van der Waals surface area contributed by atoms with Gasteiger partial charge in [-0.25, -0.2) is 0 Å². The Morgan fingerprint density at radius 2 is 2.00 bits per heavy atom. The van der Waals surface area contributed by atoms with E-state index >= 15 is 0 Å². The van der Waals surface area contributed by atoms with Crippen LogP contribution in [-0.4, -0.2) is 41.4 Å². The van der Waals surface area contributed by atoms with Gasteiger partial charge in [0.15, 0.2) is 0 Å². The van der Waals surface area contributed by atoms with Gasteiger partial charge in [0.2, 0.25) is 0 Å². The van der Waals surface area contributed by atoms with Crippen molar-refractivity contribution in [1.29, 1.82) is 0 Å². The Balaban J connectivity index is 3.12. The lowest BCUT2D eigenvalue weighted by molar-refractivity contribution is -0.385. The highest BCUT2D eigenvalue weighted by atomic mass is 16.6. The van der Waals surface area contributed by atoms with Crippen molar-refractivity contribution >= 4 is 17.6 Å². The second-order valence-corrected chi connectivity index (χ2v) is 4.86. The number of methoxy groups -OCH3 is 1. The molecule has 0 aromatic heterocycles. The Kier molecular flexibility index (Phi) is 5.40. The third-order valence-corrected chi connectivity index (χ3v) is 3.06. The fourth-order valence-electron chi connectivity index (χ4n) is 1.80. The average molecular weight is 294 g/mol. The number of nitro groups is 1. The highest BCUT2D eigenvalue weighted by molar-refractivity contribution is 5.96. The Morgan fingerprint density at radius 3 is 2.48 bits per heavy atom. The largest absolute Gasteiger partial charge is 0.468 e. The van der Waals surface area contributed by atoms with E-state index in [9.17, 15) is 19.7 Å². The van der Waals surface area contributed by atoms with Gasteiger partial charge in [0, 0.05) is 23.2 Å². The Hall–Kier alpha value is -2.44. The molecule has 0 radical (unpaired) electrons. The molecule has 0 fully saturated rings. The standard InChI is InChI=1S/C14H18N2O5/c1-9(2)15(8-13(17)21-4)14(18)11-6-5-10(3)12(7-11)16(19)20/h5-7,9H,8H2,1-4H3. The number of ether oxygens (including phenoxy) is 1.